The van der Waals surface area contributed by atoms with Crippen LogP contribution in [0.2, 0.25) is 0 Å². The second-order valence-electron chi connectivity index (χ2n) is 5.52. The van der Waals surface area contributed by atoms with Gasteiger partial charge in [0.15, 0.2) is 0 Å². The quantitative estimate of drug-likeness (QED) is 0.553. The standard InChI is InChI=1S/C12H21N5/c1-12(2)5-3-9(4-6-12)16-10-7-11(17-13)15-8-14-10/h7-9H,3-6,13H2,1-2H3,(H2,14,15,16,17). The van der Waals surface area contributed by atoms with Crippen molar-refractivity contribution in [3.8, 4) is 0 Å². The Morgan fingerprint density at radius 2 is 1.88 bits per heavy atom. The molecule has 0 radical (unpaired) electrons. The van der Waals surface area contributed by atoms with Crippen LogP contribution >= 0.6 is 0 Å². The number of nitrogens with one attached hydrogen (secondary N) is 2. The summed E-state index contributed by atoms with van der Waals surface area (Å²) in [7, 11) is 0. The van der Waals surface area contributed by atoms with Crippen LogP contribution in [0, 0.1) is 5.41 Å². The second kappa shape index (κ2) is 4.87. The molecule has 17 heavy (non-hydrogen) atoms. The second-order valence-corrected chi connectivity index (χ2v) is 5.52. The highest BCUT2D eigenvalue weighted by Crippen LogP contribution is 2.35. The Morgan fingerprint density at radius 3 is 2.53 bits per heavy atom. The number of nitrogens with two attached hydrogens (primary N) is 1. The molecule has 0 unspecified atom stereocenters. The fourth-order valence-corrected chi connectivity index (χ4v) is 2.27. The Balaban J connectivity index is 1.93. The van der Waals surface area contributed by atoms with Crippen molar-refractivity contribution >= 4 is 11.6 Å². The van der Waals surface area contributed by atoms with Crippen molar-refractivity contribution in [2.75, 3.05) is 10.7 Å². The molecule has 0 aliphatic heterocycles. The van der Waals surface area contributed by atoms with Crippen LogP contribution in [0.15, 0.2) is 12.4 Å². The van der Waals surface area contributed by atoms with Gasteiger partial charge in [-0.15, -0.1) is 0 Å². The maximum absolute atomic E-state index is 5.32. The molecule has 1 saturated carbocycles. The first-order chi connectivity index (χ1) is 8.09. The Hall–Kier alpha value is -1.36. The highest BCUT2D eigenvalue weighted by atomic mass is 15.3. The third kappa shape index (κ3) is 3.30. The predicted octanol–water partition coefficient (Wildman–Crippen LogP) is 2.14. The fraction of sp³-hybridized carbons (Fsp3) is 0.667. The molecule has 1 fully saturated rings. The molecule has 0 atom stereocenters. The smallest absolute Gasteiger partial charge is 0.145 e. The third-order valence-electron chi connectivity index (χ3n) is 3.51. The summed E-state index contributed by atoms with van der Waals surface area (Å²) in [6, 6.07) is 2.35. The first kappa shape index (κ1) is 12.1. The highest BCUT2D eigenvalue weighted by Gasteiger charge is 2.26. The van der Waals surface area contributed by atoms with Gasteiger partial charge in [0.25, 0.3) is 0 Å². The normalized spacial score (nSPS) is 19.9. The van der Waals surface area contributed by atoms with Crippen LogP contribution in [0.4, 0.5) is 11.6 Å². The number of nitrogen functional groups attached to an aromatic ring is 1. The van der Waals surface area contributed by atoms with Crippen LogP contribution in [0.1, 0.15) is 39.5 Å². The summed E-state index contributed by atoms with van der Waals surface area (Å²) in [6.45, 7) is 4.68. The Bertz CT molecular complexity index is 367. The zero-order valence-corrected chi connectivity index (χ0v) is 10.5. The number of hydrogen-bond donors (Lipinski definition) is 3. The first-order valence-electron chi connectivity index (χ1n) is 6.14. The summed E-state index contributed by atoms with van der Waals surface area (Å²) in [5, 5.41) is 3.45. The zero-order chi connectivity index (χ0) is 12.3. The lowest BCUT2D eigenvalue weighted by molar-refractivity contribution is 0.232. The predicted molar refractivity (Wildman–Crippen MR) is 69.5 cm³/mol. The van der Waals surface area contributed by atoms with Crippen molar-refractivity contribution in [3.63, 3.8) is 0 Å². The van der Waals surface area contributed by atoms with Crippen molar-refractivity contribution < 1.29 is 0 Å². The molecule has 94 valence electrons. The molecule has 1 aromatic rings. The van der Waals surface area contributed by atoms with Crippen molar-refractivity contribution in [2.24, 2.45) is 11.3 Å². The van der Waals surface area contributed by atoms with Crippen molar-refractivity contribution in [1.29, 1.82) is 0 Å². The molecule has 0 amide bonds. The number of nitrogens with zero attached hydrogens (tertiary/aromatic N) is 2. The number of hydrazine groups is 1. The molecule has 0 spiro atoms. The summed E-state index contributed by atoms with van der Waals surface area (Å²) in [5.41, 5.74) is 3.02. The Kier molecular flexibility index (Phi) is 3.47. The third-order valence-corrected chi connectivity index (χ3v) is 3.51. The van der Waals surface area contributed by atoms with Gasteiger partial charge >= 0.3 is 0 Å². The van der Waals surface area contributed by atoms with Crippen LogP contribution in [0.25, 0.3) is 0 Å². The molecule has 5 heteroatoms. The average Bonchev–Trinajstić information content (AvgIpc) is 2.32. The van der Waals surface area contributed by atoms with E-state index < -0.39 is 0 Å². The van der Waals surface area contributed by atoms with E-state index in [1.54, 1.807) is 0 Å². The van der Waals surface area contributed by atoms with Gasteiger partial charge < -0.3 is 10.7 Å². The molecule has 1 aliphatic rings. The van der Waals surface area contributed by atoms with Gasteiger partial charge in [-0.1, -0.05) is 13.8 Å². The topological polar surface area (TPSA) is 75.9 Å². The van der Waals surface area contributed by atoms with E-state index in [0.29, 0.717) is 17.3 Å². The van der Waals surface area contributed by atoms with E-state index in [0.717, 1.165) is 5.82 Å². The van der Waals surface area contributed by atoms with E-state index in [1.807, 2.05) is 6.07 Å². The van der Waals surface area contributed by atoms with Crippen LogP contribution in [-0.4, -0.2) is 16.0 Å². The fourth-order valence-electron chi connectivity index (χ4n) is 2.27. The minimum atomic E-state index is 0.494. The molecule has 0 bridgehead atoms. The van der Waals surface area contributed by atoms with Gasteiger partial charge in [0.05, 0.1) is 0 Å². The highest BCUT2D eigenvalue weighted by molar-refractivity contribution is 5.46. The van der Waals surface area contributed by atoms with Gasteiger partial charge in [-0.2, -0.15) is 0 Å². The largest absolute Gasteiger partial charge is 0.367 e. The zero-order valence-electron chi connectivity index (χ0n) is 10.5. The molecule has 1 aromatic heterocycles. The number of anilines is 2. The lowest BCUT2D eigenvalue weighted by Crippen LogP contribution is -2.30. The SMILES string of the molecule is CC1(C)CCC(Nc2cc(NN)ncn2)CC1. The van der Waals surface area contributed by atoms with E-state index in [4.69, 9.17) is 5.84 Å². The molecular weight excluding hydrogens is 214 g/mol. The lowest BCUT2D eigenvalue weighted by atomic mass is 9.75. The Morgan fingerprint density at radius 1 is 1.24 bits per heavy atom. The van der Waals surface area contributed by atoms with E-state index in [9.17, 15) is 0 Å². The van der Waals surface area contributed by atoms with Gasteiger partial charge in [-0.3, -0.25) is 0 Å². The van der Waals surface area contributed by atoms with E-state index >= 15 is 0 Å². The van der Waals surface area contributed by atoms with E-state index in [-0.39, 0.29) is 0 Å². The van der Waals surface area contributed by atoms with Crippen molar-refractivity contribution in [1.82, 2.24) is 9.97 Å². The van der Waals surface area contributed by atoms with Gasteiger partial charge in [0, 0.05) is 12.1 Å². The van der Waals surface area contributed by atoms with Gasteiger partial charge in [-0.25, -0.2) is 15.8 Å². The van der Waals surface area contributed by atoms with Crippen LogP contribution < -0.4 is 16.6 Å². The minimum Gasteiger partial charge on any atom is -0.367 e. The van der Waals surface area contributed by atoms with Gasteiger partial charge in [-0.05, 0) is 31.1 Å². The molecular formula is C12H21N5. The maximum Gasteiger partial charge on any atom is 0.145 e. The van der Waals surface area contributed by atoms with Gasteiger partial charge in [0.1, 0.15) is 18.0 Å². The Labute approximate surface area is 102 Å². The molecule has 0 aromatic carbocycles. The van der Waals surface area contributed by atoms with E-state index in [1.165, 1.54) is 32.0 Å². The van der Waals surface area contributed by atoms with Crippen LogP contribution in [0.3, 0.4) is 0 Å². The van der Waals surface area contributed by atoms with Crippen LogP contribution in [0.5, 0.6) is 0 Å². The van der Waals surface area contributed by atoms with Crippen LogP contribution in [-0.2, 0) is 0 Å². The molecule has 2 rings (SSSR count). The van der Waals surface area contributed by atoms with Crippen molar-refractivity contribution in [2.45, 2.75) is 45.6 Å². The monoisotopic (exact) mass is 235 g/mol. The summed E-state index contributed by atoms with van der Waals surface area (Å²) >= 11 is 0. The summed E-state index contributed by atoms with van der Waals surface area (Å²) in [5.74, 6) is 6.80. The first-order valence-corrected chi connectivity index (χ1v) is 6.14. The molecule has 1 heterocycles. The summed E-state index contributed by atoms with van der Waals surface area (Å²) in [6.07, 6.45) is 6.44. The van der Waals surface area contributed by atoms with E-state index in [2.05, 4.69) is 34.6 Å². The number of aromatic nitrogens is 2. The molecule has 0 saturated heterocycles. The number of rotatable bonds is 3. The summed E-state index contributed by atoms with van der Waals surface area (Å²) < 4.78 is 0. The lowest BCUT2D eigenvalue weighted by Gasteiger charge is -2.34. The van der Waals surface area contributed by atoms with Crippen molar-refractivity contribution in [3.05, 3.63) is 12.4 Å². The average molecular weight is 235 g/mol. The maximum atomic E-state index is 5.32. The molecule has 1 aliphatic carbocycles. The van der Waals surface area contributed by atoms with Gasteiger partial charge in [0.2, 0.25) is 0 Å². The number of hydrogen-bond acceptors (Lipinski definition) is 5. The minimum absolute atomic E-state index is 0.494. The molecule has 5 nitrogen and oxygen atoms in total. The molecule has 4 N–H and O–H groups in total. The summed E-state index contributed by atoms with van der Waals surface area (Å²) in [4.78, 5) is 8.19.